The first kappa shape index (κ1) is 22.6. The fourth-order valence-corrected chi connectivity index (χ4v) is 6.72. The van der Waals surface area contributed by atoms with E-state index in [-0.39, 0.29) is 5.92 Å². The lowest BCUT2D eigenvalue weighted by Crippen LogP contribution is -2.48. The van der Waals surface area contributed by atoms with E-state index < -0.39 is 6.10 Å². The Bertz CT molecular complexity index is 1290. The highest BCUT2D eigenvalue weighted by Gasteiger charge is 2.40. The maximum Gasteiger partial charge on any atom is 0.159 e. The van der Waals surface area contributed by atoms with Crippen molar-refractivity contribution in [1.82, 2.24) is 24.6 Å². The molecule has 0 spiro atoms. The molecule has 4 aliphatic rings. The van der Waals surface area contributed by atoms with Gasteiger partial charge in [0.1, 0.15) is 11.6 Å². The molecule has 1 N–H and O–H groups in total. The van der Waals surface area contributed by atoms with E-state index in [1.165, 1.54) is 11.1 Å². The summed E-state index contributed by atoms with van der Waals surface area (Å²) in [5, 5.41) is 17.0. The van der Waals surface area contributed by atoms with Gasteiger partial charge in [0.05, 0.1) is 43.2 Å². The normalized spacial score (nSPS) is 30.6. The van der Waals surface area contributed by atoms with Crippen molar-refractivity contribution < 1.29 is 14.6 Å². The zero-order valence-corrected chi connectivity index (χ0v) is 21.0. The molecule has 0 aliphatic carbocycles. The molecule has 9 nitrogen and oxygen atoms in total. The van der Waals surface area contributed by atoms with E-state index in [0.29, 0.717) is 24.7 Å². The standard InChI is InChI=1S/C27H34N6O3/c1-16-7-18-11-28-33(27-10-26(29-17(2)30-27)32-12-21-8-20(32)15-36-21)24(18)9-23(16)22-3-5-31(13-25(22)34)19-4-6-35-14-19/h7,9-11,19-22,25,34H,3-6,8,12-15H2,1-2H3/t19-,20+,21+,22-,25-/m0/s1. The largest absolute Gasteiger partial charge is 0.391 e. The monoisotopic (exact) mass is 490 g/mol. The first-order valence-corrected chi connectivity index (χ1v) is 13.3. The number of anilines is 1. The number of aliphatic hydroxyl groups is 1. The second-order valence-corrected chi connectivity index (χ2v) is 10.9. The SMILES string of the molecule is Cc1nc(N2C[C@H]3C[C@@H]2CO3)cc(-n2ncc3cc(C)c([C@@H]4CCN([C@H]5CCOC5)C[C@@H]4O)cc32)n1. The number of nitrogens with zero attached hydrogens (tertiary/aromatic N) is 6. The third-order valence-corrected chi connectivity index (χ3v) is 8.61. The summed E-state index contributed by atoms with van der Waals surface area (Å²) in [5.74, 6) is 2.57. The number of fused-ring (bicyclic) bond motifs is 3. The molecular weight excluding hydrogens is 456 g/mol. The Balaban J connectivity index is 1.21. The van der Waals surface area contributed by atoms with Crippen molar-refractivity contribution >= 4 is 16.7 Å². The predicted molar refractivity (Wildman–Crippen MR) is 136 cm³/mol. The minimum atomic E-state index is -0.396. The molecule has 5 atom stereocenters. The summed E-state index contributed by atoms with van der Waals surface area (Å²) < 4.78 is 13.3. The molecule has 7 rings (SSSR count). The number of piperidine rings is 1. The van der Waals surface area contributed by atoms with Crippen molar-refractivity contribution in [3.8, 4) is 5.82 Å². The Morgan fingerprint density at radius 3 is 2.64 bits per heavy atom. The molecule has 4 aliphatic heterocycles. The van der Waals surface area contributed by atoms with Crippen LogP contribution in [-0.2, 0) is 9.47 Å². The van der Waals surface area contributed by atoms with Crippen LogP contribution in [0.4, 0.5) is 5.82 Å². The van der Waals surface area contributed by atoms with Crippen molar-refractivity contribution in [2.45, 2.75) is 63.3 Å². The Morgan fingerprint density at radius 2 is 1.89 bits per heavy atom. The van der Waals surface area contributed by atoms with Crippen LogP contribution in [0.3, 0.4) is 0 Å². The van der Waals surface area contributed by atoms with Gasteiger partial charge in [0.25, 0.3) is 0 Å². The highest BCUT2D eigenvalue weighted by Crippen LogP contribution is 2.36. The highest BCUT2D eigenvalue weighted by molar-refractivity contribution is 5.82. The van der Waals surface area contributed by atoms with Crippen LogP contribution >= 0.6 is 0 Å². The molecule has 9 heteroatoms. The molecule has 0 saturated carbocycles. The maximum absolute atomic E-state index is 11.2. The van der Waals surface area contributed by atoms with Crippen LogP contribution in [0.2, 0.25) is 0 Å². The third kappa shape index (κ3) is 3.80. The molecule has 1 aromatic carbocycles. The molecule has 2 bridgehead atoms. The van der Waals surface area contributed by atoms with E-state index in [0.717, 1.165) is 80.5 Å². The minimum absolute atomic E-state index is 0.110. The van der Waals surface area contributed by atoms with Crippen LogP contribution in [0.5, 0.6) is 0 Å². The van der Waals surface area contributed by atoms with E-state index in [4.69, 9.17) is 24.5 Å². The zero-order chi connectivity index (χ0) is 24.4. The summed E-state index contributed by atoms with van der Waals surface area (Å²) in [6.07, 6.45) is 4.90. The van der Waals surface area contributed by atoms with Crippen molar-refractivity contribution in [3.05, 3.63) is 41.3 Å². The van der Waals surface area contributed by atoms with Gasteiger partial charge in [-0.15, -0.1) is 0 Å². The fraction of sp³-hybridized carbons (Fsp3) is 0.593. The highest BCUT2D eigenvalue weighted by atomic mass is 16.5. The average Bonchev–Trinajstić information content (AvgIpc) is 3.68. The summed E-state index contributed by atoms with van der Waals surface area (Å²) in [6.45, 7) is 9.05. The van der Waals surface area contributed by atoms with Gasteiger partial charge in [-0.05, 0) is 62.9 Å². The van der Waals surface area contributed by atoms with E-state index >= 15 is 0 Å². The number of aliphatic hydroxyl groups excluding tert-OH is 1. The second kappa shape index (κ2) is 8.76. The number of aryl methyl sites for hydroxylation is 2. The molecule has 0 unspecified atom stereocenters. The van der Waals surface area contributed by atoms with Gasteiger partial charge in [0.2, 0.25) is 0 Å². The first-order chi connectivity index (χ1) is 17.5. The molecule has 0 radical (unpaired) electrons. The second-order valence-electron chi connectivity index (χ2n) is 10.9. The van der Waals surface area contributed by atoms with Crippen molar-refractivity contribution in [3.63, 3.8) is 0 Å². The zero-order valence-electron chi connectivity index (χ0n) is 21.0. The van der Waals surface area contributed by atoms with E-state index in [1.54, 1.807) is 0 Å². The van der Waals surface area contributed by atoms with Gasteiger partial charge in [0, 0.05) is 43.1 Å². The molecule has 36 heavy (non-hydrogen) atoms. The van der Waals surface area contributed by atoms with Crippen LogP contribution < -0.4 is 4.90 Å². The number of morpholine rings is 1. The molecule has 190 valence electrons. The number of β-amino-alcohol motifs (C(OH)–C–C–N with tert-alkyl or cyclic N) is 1. The number of benzene rings is 1. The van der Waals surface area contributed by atoms with E-state index in [2.05, 4.69) is 34.9 Å². The number of aromatic nitrogens is 4. The van der Waals surface area contributed by atoms with Gasteiger partial charge in [-0.3, -0.25) is 4.90 Å². The topological polar surface area (TPSA) is 88.8 Å². The summed E-state index contributed by atoms with van der Waals surface area (Å²) in [6, 6.07) is 7.31. The van der Waals surface area contributed by atoms with Crippen LogP contribution in [0.1, 0.15) is 42.1 Å². The third-order valence-electron chi connectivity index (χ3n) is 8.61. The molecule has 4 fully saturated rings. The predicted octanol–water partition coefficient (Wildman–Crippen LogP) is 2.35. The molecule has 4 saturated heterocycles. The summed E-state index contributed by atoms with van der Waals surface area (Å²) >= 11 is 0. The smallest absolute Gasteiger partial charge is 0.159 e. The van der Waals surface area contributed by atoms with Gasteiger partial charge < -0.3 is 19.5 Å². The molecular formula is C27H34N6O3. The van der Waals surface area contributed by atoms with Gasteiger partial charge in [-0.2, -0.15) is 5.10 Å². The number of ether oxygens (including phenoxy) is 2. The molecule has 2 aromatic heterocycles. The quantitative estimate of drug-likeness (QED) is 0.596. The van der Waals surface area contributed by atoms with Crippen LogP contribution in [-0.4, -0.2) is 93.5 Å². The lowest BCUT2D eigenvalue weighted by atomic mass is 9.84. The lowest BCUT2D eigenvalue weighted by molar-refractivity contribution is 0.0264. The first-order valence-electron chi connectivity index (χ1n) is 13.3. The van der Waals surface area contributed by atoms with Gasteiger partial charge in [-0.1, -0.05) is 0 Å². The number of likely N-dealkylation sites (tertiary alicyclic amines) is 1. The number of hydrogen-bond donors (Lipinski definition) is 1. The van der Waals surface area contributed by atoms with Gasteiger partial charge >= 0.3 is 0 Å². The molecule has 3 aromatic rings. The average molecular weight is 491 g/mol. The minimum Gasteiger partial charge on any atom is -0.391 e. The maximum atomic E-state index is 11.2. The van der Waals surface area contributed by atoms with Crippen LogP contribution in [0.25, 0.3) is 16.7 Å². The Labute approximate surface area is 211 Å². The van der Waals surface area contributed by atoms with Gasteiger partial charge in [-0.25, -0.2) is 14.6 Å². The Hall–Kier alpha value is -2.59. The van der Waals surface area contributed by atoms with E-state index in [9.17, 15) is 5.11 Å². The van der Waals surface area contributed by atoms with Crippen molar-refractivity contribution in [2.75, 3.05) is 44.4 Å². The van der Waals surface area contributed by atoms with Crippen LogP contribution in [0, 0.1) is 13.8 Å². The van der Waals surface area contributed by atoms with Crippen molar-refractivity contribution in [1.29, 1.82) is 0 Å². The van der Waals surface area contributed by atoms with E-state index in [1.807, 2.05) is 17.8 Å². The fourth-order valence-electron chi connectivity index (χ4n) is 6.72. The number of rotatable bonds is 4. The van der Waals surface area contributed by atoms with Crippen LogP contribution in [0.15, 0.2) is 24.4 Å². The Kier molecular flexibility index (Phi) is 5.50. The van der Waals surface area contributed by atoms with Gasteiger partial charge in [0.15, 0.2) is 5.82 Å². The molecule has 0 amide bonds. The Morgan fingerprint density at radius 1 is 1.00 bits per heavy atom. The number of hydrogen-bond acceptors (Lipinski definition) is 8. The van der Waals surface area contributed by atoms with Crippen molar-refractivity contribution in [2.24, 2.45) is 0 Å². The molecule has 6 heterocycles. The lowest BCUT2D eigenvalue weighted by Gasteiger charge is -2.39. The summed E-state index contributed by atoms with van der Waals surface area (Å²) in [4.78, 5) is 14.3. The summed E-state index contributed by atoms with van der Waals surface area (Å²) in [5.41, 5.74) is 3.43. The summed E-state index contributed by atoms with van der Waals surface area (Å²) in [7, 11) is 0.